The number of sulfonamides is 1. The van der Waals surface area contributed by atoms with Gasteiger partial charge < -0.3 is 0 Å². The van der Waals surface area contributed by atoms with Crippen LogP contribution in [0.4, 0.5) is 0 Å². The summed E-state index contributed by atoms with van der Waals surface area (Å²) < 4.78 is 26.9. The Morgan fingerprint density at radius 2 is 2.17 bits per heavy atom. The highest BCUT2D eigenvalue weighted by molar-refractivity contribution is 7.89. The SMILES string of the molecule is O=S(=O)(NCc1cccnc1)c1cc(Cl)sc1Cl. The lowest BCUT2D eigenvalue weighted by molar-refractivity contribution is 0.581. The van der Waals surface area contributed by atoms with Crippen LogP contribution in [0.3, 0.4) is 0 Å². The van der Waals surface area contributed by atoms with Crippen molar-refractivity contribution in [2.24, 2.45) is 0 Å². The molecule has 1 N–H and O–H groups in total. The first-order chi connectivity index (χ1) is 8.49. The number of pyridine rings is 1. The Labute approximate surface area is 119 Å². The molecule has 0 saturated heterocycles. The van der Waals surface area contributed by atoms with Crippen LogP contribution < -0.4 is 4.72 Å². The molecule has 2 heterocycles. The van der Waals surface area contributed by atoms with E-state index in [1.807, 2.05) is 0 Å². The number of nitrogens with zero attached hydrogens (tertiary/aromatic N) is 1. The molecule has 18 heavy (non-hydrogen) atoms. The van der Waals surface area contributed by atoms with Crippen molar-refractivity contribution in [3.8, 4) is 0 Å². The van der Waals surface area contributed by atoms with Gasteiger partial charge in [0, 0.05) is 18.9 Å². The molecule has 0 aliphatic heterocycles. The second kappa shape index (κ2) is 5.54. The van der Waals surface area contributed by atoms with E-state index in [0.717, 1.165) is 16.9 Å². The van der Waals surface area contributed by atoms with E-state index in [9.17, 15) is 8.42 Å². The van der Waals surface area contributed by atoms with Crippen LogP contribution in [-0.4, -0.2) is 13.4 Å². The van der Waals surface area contributed by atoms with E-state index in [0.29, 0.717) is 4.34 Å². The van der Waals surface area contributed by atoms with Gasteiger partial charge in [-0.25, -0.2) is 13.1 Å². The molecule has 0 amide bonds. The minimum absolute atomic E-state index is 0.00283. The van der Waals surface area contributed by atoms with Gasteiger partial charge in [0.1, 0.15) is 9.23 Å². The van der Waals surface area contributed by atoms with Crippen molar-refractivity contribution in [2.75, 3.05) is 0 Å². The highest BCUT2D eigenvalue weighted by atomic mass is 35.5. The number of halogens is 2. The zero-order chi connectivity index (χ0) is 13.2. The standard InChI is InChI=1S/C10H8Cl2N2O2S2/c11-9-4-8(10(12)17-9)18(15,16)14-6-7-2-1-3-13-5-7/h1-5,14H,6H2. The van der Waals surface area contributed by atoms with E-state index < -0.39 is 10.0 Å². The summed E-state index contributed by atoms with van der Waals surface area (Å²) in [6.07, 6.45) is 3.21. The molecule has 0 fully saturated rings. The second-order valence-corrected chi connectivity index (χ2v) is 7.40. The minimum atomic E-state index is -3.65. The Balaban J connectivity index is 2.16. The first kappa shape index (κ1) is 13.8. The Kier molecular flexibility index (Phi) is 4.24. The molecule has 0 aliphatic rings. The fourth-order valence-electron chi connectivity index (χ4n) is 1.27. The van der Waals surface area contributed by atoms with Crippen LogP contribution in [0.15, 0.2) is 35.5 Å². The quantitative estimate of drug-likeness (QED) is 0.941. The van der Waals surface area contributed by atoms with Crippen LogP contribution in [-0.2, 0) is 16.6 Å². The topological polar surface area (TPSA) is 59.1 Å². The van der Waals surface area contributed by atoms with Gasteiger partial charge in [-0.1, -0.05) is 29.3 Å². The summed E-state index contributed by atoms with van der Waals surface area (Å²) in [5.41, 5.74) is 0.763. The average molecular weight is 323 g/mol. The molecular formula is C10H8Cl2N2O2S2. The zero-order valence-electron chi connectivity index (χ0n) is 8.93. The molecule has 8 heteroatoms. The van der Waals surface area contributed by atoms with Gasteiger partial charge in [-0.3, -0.25) is 4.98 Å². The van der Waals surface area contributed by atoms with Crippen molar-refractivity contribution in [2.45, 2.75) is 11.4 Å². The monoisotopic (exact) mass is 322 g/mol. The fraction of sp³-hybridized carbons (Fsp3) is 0.100. The number of thiophene rings is 1. The molecule has 96 valence electrons. The molecular weight excluding hydrogens is 315 g/mol. The Bertz CT molecular complexity index is 641. The van der Waals surface area contributed by atoms with Gasteiger partial charge in [0.2, 0.25) is 10.0 Å². The van der Waals surface area contributed by atoms with Crippen molar-refractivity contribution in [3.05, 3.63) is 44.8 Å². The lowest BCUT2D eigenvalue weighted by Crippen LogP contribution is -2.23. The zero-order valence-corrected chi connectivity index (χ0v) is 12.1. The lowest BCUT2D eigenvalue weighted by Gasteiger charge is -2.05. The summed E-state index contributed by atoms with van der Waals surface area (Å²) in [6.45, 7) is 0.153. The van der Waals surface area contributed by atoms with Gasteiger partial charge in [-0.2, -0.15) is 0 Å². The van der Waals surface area contributed by atoms with Crippen LogP contribution in [0.5, 0.6) is 0 Å². The number of hydrogen-bond donors (Lipinski definition) is 1. The highest BCUT2D eigenvalue weighted by Gasteiger charge is 2.20. The van der Waals surface area contributed by atoms with Gasteiger partial charge in [0.25, 0.3) is 0 Å². The molecule has 0 atom stereocenters. The van der Waals surface area contributed by atoms with Crippen molar-refractivity contribution in [1.29, 1.82) is 0 Å². The number of aromatic nitrogens is 1. The van der Waals surface area contributed by atoms with Crippen molar-refractivity contribution < 1.29 is 8.42 Å². The summed E-state index contributed by atoms with van der Waals surface area (Å²) in [5.74, 6) is 0. The average Bonchev–Trinajstić information content (AvgIpc) is 2.68. The predicted octanol–water partition coefficient (Wildman–Crippen LogP) is 2.93. The fourth-order valence-corrected chi connectivity index (χ4v) is 4.43. The smallest absolute Gasteiger partial charge is 0.243 e. The first-order valence-corrected chi connectivity index (χ1v) is 7.88. The summed E-state index contributed by atoms with van der Waals surface area (Å²) in [4.78, 5) is 3.90. The van der Waals surface area contributed by atoms with Crippen molar-refractivity contribution >= 4 is 44.6 Å². The van der Waals surface area contributed by atoms with Gasteiger partial charge in [-0.05, 0) is 17.7 Å². The maximum absolute atomic E-state index is 12.0. The van der Waals surface area contributed by atoms with Crippen molar-refractivity contribution in [3.63, 3.8) is 0 Å². The normalized spacial score (nSPS) is 11.7. The summed E-state index contributed by atoms with van der Waals surface area (Å²) in [6, 6.07) is 4.84. The minimum Gasteiger partial charge on any atom is -0.264 e. The predicted molar refractivity (Wildman–Crippen MR) is 72.6 cm³/mol. The Morgan fingerprint density at radius 1 is 1.39 bits per heavy atom. The maximum atomic E-state index is 12.0. The molecule has 2 aromatic rings. The van der Waals surface area contributed by atoms with Crippen LogP contribution >= 0.6 is 34.5 Å². The molecule has 0 bridgehead atoms. The molecule has 2 aromatic heterocycles. The molecule has 0 aliphatic carbocycles. The van der Waals surface area contributed by atoms with Crippen LogP contribution in [0.1, 0.15) is 5.56 Å². The molecule has 0 radical (unpaired) electrons. The highest BCUT2D eigenvalue weighted by Crippen LogP contribution is 2.34. The Hall–Kier alpha value is -0.660. The Morgan fingerprint density at radius 3 is 2.72 bits per heavy atom. The molecule has 2 rings (SSSR count). The van der Waals surface area contributed by atoms with Gasteiger partial charge >= 0.3 is 0 Å². The van der Waals surface area contributed by atoms with E-state index in [1.54, 1.807) is 24.5 Å². The third kappa shape index (κ3) is 3.21. The van der Waals surface area contributed by atoms with Gasteiger partial charge in [-0.15, -0.1) is 11.3 Å². The largest absolute Gasteiger partial charge is 0.264 e. The summed E-state index contributed by atoms with van der Waals surface area (Å²) >= 11 is 12.6. The van der Waals surface area contributed by atoms with Gasteiger partial charge in [0.15, 0.2) is 0 Å². The van der Waals surface area contributed by atoms with Crippen LogP contribution in [0.2, 0.25) is 8.67 Å². The van der Waals surface area contributed by atoms with E-state index in [2.05, 4.69) is 9.71 Å². The third-order valence-electron chi connectivity index (χ3n) is 2.10. The molecule has 0 spiro atoms. The second-order valence-electron chi connectivity index (χ2n) is 3.37. The van der Waals surface area contributed by atoms with Crippen LogP contribution in [0, 0.1) is 0 Å². The van der Waals surface area contributed by atoms with Crippen LogP contribution in [0.25, 0.3) is 0 Å². The van der Waals surface area contributed by atoms with Crippen molar-refractivity contribution in [1.82, 2.24) is 9.71 Å². The number of nitrogens with one attached hydrogen (secondary N) is 1. The lowest BCUT2D eigenvalue weighted by atomic mass is 10.3. The summed E-state index contributed by atoms with van der Waals surface area (Å²) in [7, 11) is -3.65. The van der Waals surface area contributed by atoms with Gasteiger partial charge in [0.05, 0.1) is 4.34 Å². The van der Waals surface area contributed by atoms with E-state index in [1.165, 1.54) is 6.07 Å². The molecule has 4 nitrogen and oxygen atoms in total. The number of rotatable bonds is 4. The summed E-state index contributed by atoms with van der Waals surface area (Å²) in [5, 5.41) is 0. The van der Waals surface area contributed by atoms with E-state index in [4.69, 9.17) is 23.2 Å². The molecule has 0 unspecified atom stereocenters. The van der Waals surface area contributed by atoms with E-state index in [-0.39, 0.29) is 15.8 Å². The maximum Gasteiger partial charge on any atom is 0.243 e. The number of hydrogen-bond acceptors (Lipinski definition) is 4. The van der Waals surface area contributed by atoms with E-state index >= 15 is 0 Å². The third-order valence-corrected chi connectivity index (χ3v) is 5.26. The first-order valence-electron chi connectivity index (χ1n) is 4.82. The molecule has 0 aromatic carbocycles. The molecule has 0 saturated carbocycles.